The van der Waals surface area contributed by atoms with Crippen LogP contribution in [0.2, 0.25) is 0 Å². The fraction of sp³-hybridized carbons (Fsp3) is 0.917. The van der Waals surface area contributed by atoms with Crippen molar-refractivity contribution in [2.75, 3.05) is 33.0 Å². The zero-order valence-corrected chi connectivity index (χ0v) is 10.3. The van der Waals surface area contributed by atoms with Crippen molar-refractivity contribution in [1.29, 1.82) is 0 Å². The minimum Gasteiger partial charge on any atom is -0.459 e. The number of carbonyl (C=O) groups excluding carboxylic acids is 1. The van der Waals surface area contributed by atoms with Crippen molar-refractivity contribution in [3.05, 3.63) is 0 Å². The molecule has 0 radical (unpaired) electrons. The molecular formula is C12H21NO4. The summed E-state index contributed by atoms with van der Waals surface area (Å²) in [6.07, 6.45) is 1.80. The van der Waals surface area contributed by atoms with Gasteiger partial charge in [0.2, 0.25) is 0 Å². The lowest BCUT2D eigenvalue weighted by molar-refractivity contribution is -0.154. The Morgan fingerprint density at radius 3 is 2.94 bits per heavy atom. The highest BCUT2D eigenvalue weighted by Gasteiger charge is 2.36. The Bertz CT molecular complexity index is 253. The largest absolute Gasteiger partial charge is 0.459 e. The topological polar surface area (TPSA) is 56.8 Å². The number of hydrogen-bond acceptors (Lipinski definition) is 5. The van der Waals surface area contributed by atoms with E-state index in [-0.39, 0.29) is 24.0 Å². The maximum atomic E-state index is 12.0. The Kier molecular flexibility index (Phi) is 4.76. The Labute approximate surface area is 102 Å². The fourth-order valence-electron chi connectivity index (χ4n) is 2.18. The SMILES string of the molecule is CCCNC1COCC1C(=O)OC1CCOC1. The zero-order chi connectivity index (χ0) is 12.1. The first kappa shape index (κ1) is 12.8. The predicted molar refractivity (Wildman–Crippen MR) is 61.7 cm³/mol. The van der Waals surface area contributed by atoms with Crippen LogP contribution >= 0.6 is 0 Å². The standard InChI is InChI=1S/C12H21NO4/c1-2-4-13-11-8-16-7-10(11)12(14)17-9-3-5-15-6-9/h9-11,13H,2-8H2,1H3. The lowest BCUT2D eigenvalue weighted by Gasteiger charge is -2.19. The molecule has 2 fully saturated rings. The molecule has 0 amide bonds. The summed E-state index contributed by atoms with van der Waals surface area (Å²) in [5, 5.41) is 3.33. The smallest absolute Gasteiger partial charge is 0.313 e. The summed E-state index contributed by atoms with van der Waals surface area (Å²) in [7, 11) is 0. The summed E-state index contributed by atoms with van der Waals surface area (Å²) in [4.78, 5) is 12.0. The van der Waals surface area contributed by atoms with E-state index < -0.39 is 0 Å². The van der Waals surface area contributed by atoms with Gasteiger partial charge < -0.3 is 19.5 Å². The Morgan fingerprint density at radius 2 is 2.24 bits per heavy atom. The van der Waals surface area contributed by atoms with Crippen LogP contribution in [-0.4, -0.2) is 51.1 Å². The molecule has 0 aromatic heterocycles. The van der Waals surface area contributed by atoms with Gasteiger partial charge in [0, 0.05) is 12.5 Å². The molecule has 3 unspecified atom stereocenters. The van der Waals surface area contributed by atoms with Crippen LogP contribution in [0.25, 0.3) is 0 Å². The van der Waals surface area contributed by atoms with Crippen molar-refractivity contribution in [2.24, 2.45) is 5.92 Å². The molecule has 17 heavy (non-hydrogen) atoms. The van der Waals surface area contributed by atoms with E-state index in [1.54, 1.807) is 0 Å². The van der Waals surface area contributed by atoms with Crippen molar-refractivity contribution >= 4 is 5.97 Å². The highest BCUT2D eigenvalue weighted by molar-refractivity contribution is 5.74. The van der Waals surface area contributed by atoms with Gasteiger partial charge in [-0.05, 0) is 13.0 Å². The summed E-state index contributed by atoms with van der Waals surface area (Å²) < 4.78 is 16.0. The summed E-state index contributed by atoms with van der Waals surface area (Å²) in [6, 6.07) is 0.102. The maximum Gasteiger partial charge on any atom is 0.313 e. The number of rotatable bonds is 5. The van der Waals surface area contributed by atoms with Crippen molar-refractivity contribution in [3.8, 4) is 0 Å². The normalized spacial score (nSPS) is 32.9. The number of nitrogens with one attached hydrogen (secondary N) is 1. The maximum absolute atomic E-state index is 12.0. The zero-order valence-electron chi connectivity index (χ0n) is 10.3. The van der Waals surface area contributed by atoms with E-state index in [4.69, 9.17) is 14.2 Å². The number of hydrogen-bond donors (Lipinski definition) is 1. The van der Waals surface area contributed by atoms with Crippen LogP contribution in [0, 0.1) is 5.92 Å². The van der Waals surface area contributed by atoms with E-state index in [2.05, 4.69) is 12.2 Å². The molecule has 0 spiro atoms. The third kappa shape index (κ3) is 3.40. The average molecular weight is 243 g/mol. The molecule has 98 valence electrons. The molecule has 0 saturated carbocycles. The van der Waals surface area contributed by atoms with Crippen molar-refractivity contribution in [3.63, 3.8) is 0 Å². The molecule has 5 nitrogen and oxygen atoms in total. The molecule has 2 saturated heterocycles. The molecule has 3 atom stereocenters. The fourth-order valence-corrected chi connectivity index (χ4v) is 2.18. The van der Waals surface area contributed by atoms with Gasteiger partial charge in [0.1, 0.15) is 6.10 Å². The van der Waals surface area contributed by atoms with Gasteiger partial charge in [-0.3, -0.25) is 4.79 Å². The van der Waals surface area contributed by atoms with Crippen molar-refractivity contribution in [1.82, 2.24) is 5.32 Å². The monoisotopic (exact) mass is 243 g/mol. The van der Waals surface area contributed by atoms with E-state index in [0.717, 1.165) is 19.4 Å². The minimum atomic E-state index is -0.165. The molecule has 5 heteroatoms. The second-order valence-electron chi connectivity index (χ2n) is 4.63. The first-order valence-corrected chi connectivity index (χ1v) is 6.40. The lowest BCUT2D eigenvalue weighted by Crippen LogP contribution is -2.41. The van der Waals surface area contributed by atoms with Gasteiger partial charge in [-0.1, -0.05) is 6.92 Å². The third-order valence-electron chi connectivity index (χ3n) is 3.21. The van der Waals surface area contributed by atoms with E-state index in [1.165, 1.54) is 0 Å². The molecular weight excluding hydrogens is 222 g/mol. The summed E-state index contributed by atoms with van der Waals surface area (Å²) >= 11 is 0. The lowest BCUT2D eigenvalue weighted by atomic mass is 10.0. The van der Waals surface area contributed by atoms with E-state index in [0.29, 0.717) is 26.4 Å². The highest BCUT2D eigenvalue weighted by atomic mass is 16.6. The highest BCUT2D eigenvalue weighted by Crippen LogP contribution is 2.18. The molecule has 0 aromatic carbocycles. The number of ether oxygens (including phenoxy) is 3. The third-order valence-corrected chi connectivity index (χ3v) is 3.21. The van der Waals surface area contributed by atoms with E-state index >= 15 is 0 Å². The van der Waals surface area contributed by atoms with Gasteiger partial charge >= 0.3 is 5.97 Å². The van der Waals surface area contributed by atoms with Gasteiger partial charge in [-0.2, -0.15) is 0 Å². The van der Waals surface area contributed by atoms with Crippen LogP contribution in [0.15, 0.2) is 0 Å². The molecule has 2 aliphatic heterocycles. The van der Waals surface area contributed by atoms with Crippen molar-refractivity contribution < 1.29 is 19.0 Å². The first-order chi connectivity index (χ1) is 8.31. The van der Waals surface area contributed by atoms with Crippen LogP contribution < -0.4 is 5.32 Å². The molecule has 2 rings (SSSR count). The second kappa shape index (κ2) is 6.33. The van der Waals surface area contributed by atoms with E-state index in [9.17, 15) is 4.79 Å². The van der Waals surface area contributed by atoms with Gasteiger partial charge in [0.05, 0.1) is 32.3 Å². The van der Waals surface area contributed by atoms with Gasteiger partial charge in [-0.25, -0.2) is 0 Å². The molecule has 0 aliphatic carbocycles. The number of carbonyl (C=O) groups is 1. The van der Waals surface area contributed by atoms with Gasteiger partial charge in [0.25, 0.3) is 0 Å². The quantitative estimate of drug-likeness (QED) is 0.705. The molecule has 2 heterocycles. The number of esters is 1. The Balaban J connectivity index is 1.80. The van der Waals surface area contributed by atoms with Crippen LogP contribution in [-0.2, 0) is 19.0 Å². The Morgan fingerprint density at radius 1 is 1.35 bits per heavy atom. The molecule has 2 aliphatic rings. The predicted octanol–water partition coefficient (Wildman–Crippen LogP) is 0.333. The van der Waals surface area contributed by atoms with Crippen LogP contribution in [0.4, 0.5) is 0 Å². The van der Waals surface area contributed by atoms with Crippen LogP contribution in [0.3, 0.4) is 0 Å². The van der Waals surface area contributed by atoms with Crippen LogP contribution in [0.1, 0.15) is 19.8 Å². The average Bonchev–Trinajstić information content (AvgIpc) is 2.96. The molecule has 1 N–H and O–H groups in total. The second-order valence-corrected chi connectivity index (χ2v) is 4.63. The summed E-state index contributed by atoms with van der Waals surface area (Å²) in [6.45, 7) is 5.30. The molecule has 0 aromatic rings. The Hall–Kier alpha value is -0.650. The first-order valence-electron chi connectivity index (χ1n) is 6.40. The van der Waals surface area contributed by atoms with Crippen LogP contribution in [0.5, 0.6) is 0 Å². The van der Waals surface area contributed by atoms with Gasteiger partial charge in [0.15, 0.2) is 0 Å². The van der Waals surface area contributed by atoms with Gasteiger partial charge in [-0.15, -0.1) is 0 Å². The van der Waals surface area contributed by atoms with E-state index in [1.807, 2.05) is 0 Å². The van der Waals surface area contributed by atoms with Crippen molar-refractivity contribution in [2.45, 2.75) is 31.9 Å². The summed E-state index contributed by atoms with van der Waals surface area (Å²) in [5.41, 5.74) is 0. The molecule has 0 bridgehead atoms. The minimum absolute atomic E-state index is 0.0603. The summed E-state index contributed by atoms with van der Waals surface area (Å²) in [5.74, 6) is -0.311.